The fraction of sp³-hybridized carbons (Fsp3) is 0.474. The Morgan fingerprint density at radius 1 is 1.33 bits per heavy atom. The van der Waals surface area contributed by atoms with Gasteiger partial charge < -0.3 is 10.1 Å². The number of hydrogen-bond donors (Lipinski definition) is 1. The molecule has 2 N–H and O–H groups in total. The van der Waals surface area contributed by atoms with E-state index in [1.54, 1.807) is 6.20 Å². The number of benzene rings is 1. The van der Waals surface area contributed by atoms with Crippen LogP contribution in [0.3, 0.4) is 0 Å². The van der Waals surface area contributed by atoms with Crippen molar-refractivity contribution >= 4 is 34.2 Å². The lowest BCUT2D eigenvalue weighted by Gasteiger charge is -2.25. The number of nitrogens with one attached hydrogen (secondary N) is 2. The Balaban J connectivity index is 2.11. The van der Waals surface area contributed by atoms with Gasteiger partial charge in [0.1, 0.15) is 5.56 Å². The first-order valence-electron chi connectivity index (χ1n) is 8.68. The largest absolute Gasteiger partial charge is 0.462 e. The zero-order valence-electron chi connectivity index (χ0n) is 14.2. The zero-order valence-corrected chi connectivity index (χ0v) is 15.0. The highest BCUT2D eigenvalue weighted by Gasteiger charge is 2.24. The number of ether oxygens (including phenoxy) is 1. The molecule has 128 valence electrons. The molecule has 0 atom stereocenters. The molecule has 0 aliphatic heterocycles. The molecule has 1 aromatic heterocycles. The van der Waals surface area contributed by atoms with E-state index in [4.69, 9.17) is 16.3 Å². The Hall–Kier alpha value is -1.81. The maximum atomic E-state index is 12.4. The van der Waals surface area contributed by atoms with Crippen LogP contribution in [0.2, 0.25) is 5.02 Å². The van der Waals surface area contributed by atoms with Crippen molar-refractivity contribution in [1.82, 2.24) is 0 Å². The summed E-state index contributed by atoms with van der Waals surface area (Å²) in [5, 5.41) is 5.22. The van der Waals surface area contributed by atoms with Crippen molar-refractivity contribution in [3.63, 3.8) is 0 Å². The Morgan fingerprint density at radius 2 is 2.08 bits per heavy atom. The fourth-order valence-electron chi connectivity index (χ4n) is 3.47. The Labute approximate surface area is 147 Å². The van der Waals surface area contributed by atoms with Crippen molar-refractivity contribution in [1.29, 1.82) is 0 Å². The van der Waals surface area contributed by atoms with Crippen molar-refractivity contribution in [3.8, 4) is 0 Å². The van der Waals surface area contributed by atoms with E-state index in [1.165, 1.54) is 19.3 Å². The van der Waals surface area contributed by atoms with Crippen LogP contribution in [0.1, 0.15) is 54.9 Å². The minimum Gasteiger partial charge on any atom is -0.462 e. The van der Waals surface area contributed by atoms with Gasteiger partial charge in [-0.3, -0.25) is 0 Å². The Morgan fingerprint density at radius 3 is 2.79 bits per heavy atom. The van der Waals surface area contributed by atoms with Gasteiger partial charge in [0.05, 0.1) is 17.7 Å². The van der Waals surface area contributed by atoms with E-state index >= 15 is 0 Å². The molecule has 5 heteroatoms. The smallest absolute Gasteiger partial charge is 0.346 e. The van der Waals surface area contributed by atoms with Crippen LogP contribution in [-0.4, -0.2) is 18.6 Å². The molecule has 1 fully saturated rings. The molecule has 0 unspecified atom stereocenters. The molecule has 2 aromatic rings. The summed E-state index contributed by atoms with van der Waals surface area (Å²) in [6.45, 7) is 4.19. The number of carbonyl (C=O) groups is 1. The van der Waals surface area contributed by atoms with Gasteiger partial charge in [-0.1, -0.05) is 30.9 Å². The summed E-state index contributed by atoms with van der Waals surface area (Å²) >= 11 is 6.27. The molecule has 0 radical (unpaired) electrons. The molecule has 1 saturated carbocycles. The number of halogens is 1. The van der Waals surface area contributed by atoms with Gasteiger partial charge in [-0.05, 0) is 38.8 Å². The number of H-pyrrole nitrogens is 1. The summed E-state index contributed by atoms with van der Waals surface area (Å²) in [5.41, 5.74) is 3.42. The lowest BCUT2D eigenvalue weighted by molar-refractivity contribution is -0.345. The number of rotatable bonds is 4. The van der Waals surface area contributed by atoms with Gasteiger partial charge in [0.15, 0.2) is 6.20 Å². The van der Waals surface area contributed by atoms with E-state index in [0.717, 1.165) is 35.0 Å². The van der Waals surface area contributed by atoms with E-state index in [-0.39, 0.29) is 5.97 Å². The molecule has 1 aliphatic carbocycles. The quantitative estimate of drug-likeness (QED) is 0.826. The molecule has 3 rings (SSSR count). The predicted octanol–water partition coefficient (Wildman–Crippen LogP) is 4.54. The minimum atomic E-state index is -0.313. The summed E-state index contributed by atoms with van der Waals surface area (Å²) in [5.74, 6) is -0.313. The third kappa shape index (κ3) is 3.48. The highest BCUT2D eigenvalue weighted by atomic mass is 35.5. The molecule has 1 aromatic carbocycles. The second-order valence-electron chi connectivity index (χ2n) is 6.42. The summed E-state index contributed by atoms with van der Waals surface area (Å²) in [6, 6.07) is 4.22. The number of esters is 1. The Bertz CT molecular complexity index is 755. The molecule has 0 spiro atoms. The molecule has 0 bridgehead atoms. The van der Waals surface area contributed by atoms with Crippen LogP contribution in [0.25, 0.3) is 10.9 Å². The van der Waals surface area contributed by atoms with E-state index < -0.39 is 0 Å². The van der Waals surface area contributed by atoms with Crippen molar-refractivity contribution in [2.75, 3.05) is 11.9 Å². The highest BCUT2D eigenvalue weighted by molar-refractivity contribution is 6.31. The summed E-state index contributed by atoms with van der Waals surface area (Å²) in [6.07, 6.45) is 7.74. The number of carbonyl (C=O) groups excluding carboxylic acids is 1. The second-order valence-corrected chi connectivity index (χ2v) is 6.86. The van der Waals surface area contributed by atoms with Crippen LogP contribution in [0.5, 0.6) is 0 Å². The number of aromatic nitrogens is 1. The molecule has 1 aliphatic rings. The molecular weight excluding hydrogens is 324 g/mol. The summed E-state index contributed by atoms with van der Waals surface area (Å²) in [7, 11) is 0. The molecular formula is C19H24ClN2O2+. The Kier molecular flexibility index (Phi) is 5.24. The average molecular weight is 348 g/mol. The van der Waals surface area contributed by atoms with Crippen LogP contribution in [-0.2, 0) is 4.74 Å². The molecule has 1 heterocycles. The maximum Gasteiger partial charge on any atom is 0.346 e. The van der Waals surface area contributed by atoms with Crippen LogP contribution >= 0.6 is 11.6 Å². The normalized spacial score (nSPS) is 15.5. The first kappa shape index (κ1) is 17.0. The van der Waals surface area contributed by atoms with Crippen molar-refractivity contribution in [2.24, 2.45) is 0 Å². The standard InChI is InChI=1S/C19H23ClN2O2/c1-3-24-19(23)16-11-21-17-12(2)9-13(20)10-15(17)18(16)22-14-7-5-4-6-8-14/h9-11,14H,3-8H2,1-2H3,(H,21,22)/p+1. The highest BCUT2D eigenvalue weighted by Crippen LogP contribution is 2.32. The van der Waals surface area contributed by atoms with Gasteiger partial charge in [-0.2, -0.15) is 0 Å². The average Bonchev–Trinajstić information content (AvgIpc) is 2.56. The molecule has 0 amide bonds. The van der Waals surface area contributed by atoms with Gasteiger partial charge >= 0.3 is 5.97 Å². The van der Waals surface area contributed by atoms with Crippen molar-refractivity contribution in [2.45, 2.75) is 52.0 Å². The van der Waals surface area contributed by atoms with Crippen LogP contribution in [0.15, 0.2) is 18.3 Å². The number of aryl methyl sites for hydroxylation is 1. The van der Waals surface area contributed by atoms with Gasteiger partial charge in [0.2, 0.25) is 5.52 Å². The number of hydrogen-bond acceptors (Lipinski definition) is 3. The van der Waals surface area contributed by atoms with E-state index in [2.05, 4.69) is 10.3 Å². The lowest BCUT2D eigenvalue weighted by Crippen LogP contribution is -2.25. The monoisotopic (exact) mass is 347 g/mol. The first-order chi connectivity index (χ1) is 11.6. The van der Waals surface area contributed by atoms with Crippen LogP contribution in [0, 0.1) is 6.92 Å². The molecule has 0 saturated heterocycles. The number of anilines is 1. The zero-order chi connectivity index (χ0) is 17.1. The van der Waals surface area contributed by atoms with Crippen LogP contribution < -0.4 is 10.3 Å². The van der Waals surface area contributed by atoms with Crippen molar-refractivity contribution < 1.29 is 14.5 Å². The molecule has 24 heavy (non-hydrogen) atoms. The second kappa shape index (κ2) is 7.39. The first-order valence-corrected chi connectivity index (χ1v) is 9.06. The predicted molar refractivity (Wildman–Crippen MR) is 96.7 cm³/mol. The summed E-state index contributed by atoms with van der Waals surface area (Å²) in [4.78, 5) is 15.6. The minimum absolute atomic E-state index is 0.313. The van der Waals surface area contributed by atoms with Gasteiger partial charge in [-0.15, -0.1) is 0 Å². The number of pyridine rings is 1. The van der Waals surface area contributed by atoms with Crippen LogP contribution in [0.4, 0.5) is 5.69 Å². The van der Waals surface area contributed by atoms with Crippen molar-refractivity contribution in [3.05, 3.63) is 34.5 Å². The van der Waals surface area contributed by atoms with Gasteiger partial charge in [-0.25, -0.2) is 9.78 Å². The SMILES string of the molecule is CCOC(=O)c1c[nH+]c2c(C)cc(Cl)cc2c1NC1CCCCC1. The van der Waals surface area contributed by atoms with E-state index in [1.807, 2.05) is 26.0 Å². The molecule has 4 nitrogen and oxygen atoms in total. The number of fused-ring (bicyclic) bond motifs is 1. The lowest BCUT2D eigenvalue weighted by atomic mass is 9.94. The van der Waals surface area contributed by atoms with Gasteiger partial charge in [0.25, 0.3) is 0 Å². The topological polar surface area (TPSA) is 52.5 Å². The third-order valence-electron chi connectivity index (χ3n) is 4.65. The third-order valence-corrected chi connectivity index (χ3v) is 4.87. The van der Waals surface area contributed by atoms with E-state index in [0.29, 0.717) is 23.2 Å². The number of aromatic amines is 1. The maximum absolute atomic E-state index is 12.4. The summed E-state index contributed by atoms with van der Waals surface area (Å²) < 4.78 is 5.24. The van der Waals surface area contributed by atoms with Gasteiger partial charge in [0, 0.05) is 16.6 Å². The van der Waals surface area contributed by atoms with E-state index in [9.17, 15) is 4.79 Å². The fourth-order valence-corrected chi connectivity index (χ4v) is 3.74.